The van der Waals surface area contributed by atoms with Gasteiger partial charge in [0.25, 0.3) is 0 Å². The highest BCUT2D eigenvalue weighted by Crippen LogP contribution is 2.20. The fourth-order valence-corrected chi connectivity index (χ4v) is 2.96. The highest BCUT2D eigenvalue weighted by Gasteiger charge is 2.01. The van der Waals surface area contributed by atoms with Crippen LogP contribution in [0.5, 0.6) is 0 Å². The topological polar surface area (TPSA) is 45.0 Å². The maximum absolute atomic E-state index is 9.24. The van der Waals surface area contributed by atoms with Gasteiger partial charge >= 0.3 is 0 Å². The molecule has 0 atom stereocenters. The van der Waals surface area contributed by atoms with E-state index in [1.807, 2.05) is 54.6 Å². The van der Waals surface area contributed by atoms with Crippen LogP contribution in [-0.2, 0) is 5.75 Å². The van der Waals surface area contributed by atoms with Gasteiger partial charge in [-0.1, -0.05) is 76.2 Å². The monoisotopic (exact) mass is 380 g/mol. The van der Waals surface area contributed by atoms with E-state index in [0.29, 0.717) is 16.4 Å². The van der Waals surface area contributed by atoms with E-state index in [0.717, 1.165) is 15.8 Å². The third kappa shape index (κ3) is 5.67. The Morgan fingerprint density at radius 1 is 1.10 bits per heavy atom. The van der Waals surface area contributed by atoms with E-state index in [1.165, 1.54) is 17.3 Å². The van der Waals surface area contributed by atoms with Gasteiger partial charge in [-0.3, -0.25) is 0 Å². The maximum atomic E-state index is 9.24. The van der Waals surface area contributed by atoms with Crippen LogP contribution in [-0.4, -0.2) is 15.1 Å². The average Bonchev–Trinajstić information content (AvgIpc) is 2.53. The number of rotatable bonds is 4. The smallest absolute Gasteiger partial charge is 0.179 e. The van der Waals surface area contributed by atoms with Crippen molar-refractivity contribution in [3.05, 3.63) is 70.2 Å². The van der Waals surface area contributed by atoms with Crippen LogP contribution in [0.3, 0.4) is 0 Å². The first kappa shape index (κ1) is 16.3. The van der Waals surface area contributed by atoms with Crippen LogP contribution in [0.4, 0.5) is 0 Å². The Labute approximate surface area is 140 Å². The van der Waals surface area contributed by atoms with Gasteiger partial charge in [-0.15, -0.1) is 5.10 Å². The molecular formula is C15H13BrN2OS2. The van der Waals surface area contributed by atoms with E-state index in [2.05, 4.69) is 26.1 Å². The van der Waals surface area contributed by atoms with Crippen molar-refractivity contribution in [2.45, 2.75) is 5.75 Å². The van der Waals surface area contributed by atoms with Gasteiger partial charge in [0, 0.05) is 15.8 Å². The molecule has 1 N–H and O–H groups in total. The molecule has 108 valence electrons. The molecule has 0 bridgehead atoms. The summed E-state index contributed by atoms with van der Waals surface area (Å²) in [4.78, 5) is 0. The van der Waals surface area contributed by atoms with E-state index in [1.54, 1.807) is 6.21 Å². The summed E-state index contributed by atoms with van der Waals surface area (Å²) in [5.41, 5.74) is 2.12. The van der Waals surface area contributed by atoms with E-state index in [9.17, 15) is 4.55 Å². The molecule has 3 nitrogen and oxygen atoms in total. The summed E-state index contributed by atoms with van der Waals surface area (Å²) in [7, 11) is 0. The Morgan fingerprint density at radius 2 is 1.81 bits per heavy atom. The third-order valence-corrected chi connectivity index (χ3v) is 4.87. The lowest BCUT2D eigenvalue weighted by Crippen LogP contribution is -1.87. The lowest BCUT2D eigenvalue weighted by molar-refractivity contribution is 0.673. The van der Waals surface area contributed by atoms with Gasteiger partial charge in [0.05, 0.1) is 18.3 Å². The maximum Gasteiger partial charge on any atom is 0.179 e. The Bertz CT molecular complexity index is 633. The van der Waals surface area contributed by atoms with Crippen LogP contribution in [0.25, 0.3) is 0 Å². The number of thioether (sulfide) groups is 1. The van der Waals surface area contributed by atoms with Gasteiger partial charge in [0.1, 0.15) is 0 Å². The summed E-state index contributed by atoms with van der Waals surface area (Å²) in [5.74, 6) is 0.748. The standard InChI is InChI=1S/C15H13BrN2OS2/c16-14-9-5-4-8-13(14)10-17-18-15(21-19)20-11-12-6-2-1-3-7-12/h1-10,19H,11H2/b17-10+,18-15-. The van der Waals surface area contributed by atoms with E-state index in [-0.39, 0.29) is 0 Å². The Hall–Kier alpha value is -1.08. The van der Waals surface area contributed by atoms with Crippen LogP contribution in [0, 0.1) is 0 Å². The number of hydrogen-bond donors (Lipinski definition) is 1. The number of hydrogen-bond acceptors (Lipinski definition) is 5. The third-order valence-electron chi connectivity index (χ3n) is 2.52. The predicted octanol–water partition coefficient (Wildman–Crippen LogP) is 5.28. The van der Waals surface area contributed by atoms with E-state index in [4.69, 9.17) is 0 Å². The van der Waals surface area contributed by atoms with Crippen LogP contribution in [0.1, 0.15) is 11.1 Å². The first-order valence-corrected chi connectivity index (χ1v) is 8.68. The summed E-state index contributed by atoms with van der Waals surface area (Å²) < 4.78 is 10.7. The fraction of sp³-hybridized carbons (Fsp3) is 0.0667. The van der Waals surface area contributed by atoms with Gasteiger partial charge in [-0.05, 0) is 11.6 Å². The Morgan fingerprint density at radius 3 is 2.52 bits per heavy atom. The zero-order chi connectivity index (χ0) is 14.9. The molecule has 2 aromatic carbocycles. The molecule has 0 aliphatic carbocycles. The summed E-state index contributed by atoms with van der Waals surface area (Å²) >= 11 is 5.51. The largest absolute Gasteiger partial charge is 0.324 e. The fourth-order valence-electron chi connectivity index (χ4n) is 1.51. The van der Waals surface area contributed by atoms with E-state index >= 15 is 0 Å². The van der Waals surface area contributed by atoms with Crippen molar-refractivity contribution < 1.29 is 4.55 Å². The molecule has 0 radical (unpaired) electrons. The molecule has 0 saturated heterocycles. The number of benzene rings is 2. The van der Waals surface area contributed by atoms with Crippen molar-refractivity contribution in [2.75, 3.05) is 0 Å². The second kappa shape index (κ2) is 9.04. The molecule has 0 fully saturated rings. The molecule has 0 aliphatic heterocycles. The molecule has 0 saturated carbocycles. The summed E-state index contributed by atoms with van der Waals surface area (Å²) in [6, 6.07) is 17.8. The van der Waals surface area contributed by atoms with Gasteiger partial charge < -0.3 is 4.55 Å². The molecule has 6 heteroatoms. The lowest BCUT2D eigenvalue weighted by atomic mass is 10.2. The minimum atomic E-state index is 0.516. The van der Waals surface area contributed by atoms with Gasteiger partial charge in [0.15, 0.2) is 4.38 Å². The Kier molecular flexibility index (Phi) is 7.02. The second-order valence-electron chi connectivity index (χ2n) is 4.00. The normalized spacial score (nSPS) is 12.0. The quantitative estimate of drug-likeness (QED) is 0.339. The molecule has 0 spiro atoms. The van der Waals surface area contributed by atoms with Crippen molar-refractivity contribution in [1.82, 2.24) is 0 Å². The summed E-state index contributed by atoms with van der Waals surface area (Å²) in [6.07, 6.45) is 1.66. The molecule has 0 aromatic heterocycles. The van der Waals surface area contributed by atoms with Crippen molar-refractivity contribution in [3.63, 3.8) is 0 Å². The van der Waals surface area contributed by atoms with Crippen molar-refractivity contribution in [3.8, 4) is 0 Å². The molecule has 0 heterocycles. The van der Waals surface area contributed by atoms with Crippen LogP contribution < -0.4 is 0 Å². The average molecular weight is 381 g/mol. The van der Waals surface area contributed by atoms with Gasteiger partial charge in [-0.25, -0.2) is 0 Å². The van der Waals surface area contributed by atoms with Crippen LogP contribution in [0.2, 0.25) is 0 Å². The summed E-state index contributed by atoms with van der Waals surface area (Å²) in [5, 5.41) is 8.05. The molecule has 0 aliphatic rings. The SMILES string of the molecule is OS/C(=N\N=C\c1ccccc1Br)SCc1ccccc1. The van der Waals surface area contributed by atoms with Crippen LogP contribution in [0.15, 0.2) is 69.3 Å². The minimum absolute atomic E-state index is 0.516. The molecule has 0 amide bonds. The number of nitrogens with zero attached hydrogens (tertiary/aromatic N) is 2. The highest BCUT2D eigenvalue weighted by atomic mass is 79.9. The van der Waals surface area contributed by atoms with E-state index < -0.39 is 0 Å². The summed E-state index contributed by atoms with van der Waals surface area (Å²) in [6.45, 7) is 0. The molecule has 2 aromatic rings. The van der Waals surface area contributed by atoms with Crippen molar-refractivity contribution in [1.29, 1.82) is 0 Å². The molecular weight excluding hydrogens is 368 g/mol. The molecule has 2 rings (SSSR count). The van der Waals surface area contributed by atoms with Gasteiger partial charge in [-0.2, -0.15) is 5.10 Å². The van der Waals surface area contributed by atoms with Crippen molar-refractivity contribution in [2.24, 2.45) is 10.2 Å². The predicted molar refractivity (Wildman–Crippen MR) is 97.1 cm³/mol. The Balaban J connectivity index is 1.96. The minimum Gasteiger partial charge on any atom is -0.324 e. The van der Waals surface area contributed by atoms with Crippen molar-refractivity contribution >= 4 is 50.3 Å². The first-order chi connectivity index (χ1) is 10.3. The second-order valence-corrected chi connectivity index (χ2v) is 6.64. The molecule has 0 unspecified atom stereocenters. The zero-order valence-corrected chi connectivity index (χ0v) is 14.2. The highest BCUT2D eigenvalue weighted by molar-refractivity contribution is 9.10. The zero-order valence-electron chi connectivity index (χ0n) is 11.0. The number of halogens is 1. The lowest BCUT2D eigenvalue weighted by Gasteiger charge is -2.00. The van der Waals surface area contributed by atoms with Crippen LogP contribution >= 0.6 is 39.7 Å². The van der Waals surface area contributed by atoms with Gasteiger partial charge in [0.2, 0.25) is 0 Å². The first-order valence-electron chi connectivity index (χ1n) is 6.13. The molecule has 21 heavy (non-hydrogen) atoms.